The summed E-state index contributed by atoms with van der Waals surface area (Å²) < 4.78 is 0. The Kier molecular flexibility index (Phi) is 32.6. The molecule has 0 aromatic rings. The molecule has 0 fully saturated rings. The van der Waals surface area contributed by atoms with E-state index in [-0.39, 0.29) is 49.7 Å². The van der Waals surface area contributed by atoms with Crippen molar-refractivity contribution < 1.29 is 42.4 Å². The van der Waals surface area contributed by atoms with Crippen LogP contribution >= 0.6 is 0 Å². The quantitative estimate of drug-likeness (QED) is 0.141. The number of carbonyl (C=O) groups is 1. The van der Waals surface area contributed by atoms with Crippen molar-refractivity contribution in [1.82, 2.24) is 5.32 Å². The third-order valence-corrected chi connectivity index (χ3v) is 2.85. The van der Waals surface area contributed by atoms with Crippen LogP contribution in [0.25, 0.3) is 0 Å². The molecule has 1 N–H and O–H groups in total. The zero-order chi connectivity index (χ0) is 23.8. The molecule has 1 aliphatic carbocycles. The zero-order valence-electron chi connectivity index (χ0n) is 19.8. The Balaban J connectivity index is -0.000000275. The van der Waals surface area contributed by atoms with Gasteiger partial charge in [-0.1, -0.05) is 59.4 Å². The van der Waals surface area contributed by atoms with Gasteiger partial charge >= 0.3 is 0 Å². The summed E-state index contributed by atoms with van der Waals surface area (Å²) in [4.78, 5) is 22.2. The van der Waals surface area contributed by atoms with Gasteiger partial charge in [0.1, 0.15) is 5.57 Å². The number of nitro groups is 1. The normalized spacial score (nSPS) is 12.2. The van der Waals surface area contributed by atoms with Crippen molar-refractivity contribution in [2.24, 2.45) is 0 Å². The van der Waals surface area contributed by atoms with E-state index in [1.54, 1.807) is 19.1 Å². The number of amides is 1. The topological polar surface area (TPSA) is 72.2 Å². The van der Waals surface area contributed by atoms with Crippen molar-refractivity contribution in [2.45, 2.75) is 54.4 Å². The van der Waals surface area contributed by atoms with E-state index in [9.17, 15) is 14.9 Å². The summed E-state index contributed by atoms with van der Waals surface area (Å²) in [7, 11) is 0. The molecule has 1 aliphatic rings. The van der Waals surface area contributed by atoms with E-state index in [0.717, 1.165) is 12.5 Å². The maximum atomic E-state index is 11.9. The van der Waals surface area contributed by atoms with E-state index in [2.05, 4.69) is 36.7 Å². The summed E-state index contributed by atoms with van der Waals surface area (Å²) in [6.45, 7) is 18.5. The van der Waals surface area contributed by atoms with Gasteiger partial charge in [-0.3, -0.25) is 21.0 Å². The van der Waals surface area contributed by atoms with Crippen LogP contribution in [-0.2, 0) is 37.5 Å². The van der Waals surface area contributed by atoms with Crippen molar-refractivity contribution in [3.63, 3.8) is 0 Å². The molecule has 0 aromatic carbocycles. The maximum absolute atomic E-state index is 11.9. The second-order valence-electron chi connectivity index (χ2n) is 4.89. The van der Waals surface area contributed by atoms with E-state index >= 15 is 0 Å². The van der Waals surface area contributed by atoms with Crippen LogP contribution in [0.5, 0.6) is 0 Å². The molecular weight excluding hydrogens is 465 g/mol. The minimum Gasteiger partial charge on any atom is -0.375 e. The van der Waals surface area contributed by atoms with Crippen LogP contribution < -0.4 is 5.32 Å². The molecule has 31 heavy (non-hydrogen) atoms. The number of nitrogens with zero attached hydrogens (tertiary/aromatic N) is 1. The van der Waals surface area contributed by atoms with Crippen molar-refractivity contribution in [3.8, 4) is 0 Å². The van der Waals surface area contributed by atoms with Crippen LogP contribution in [0.3, 0.4) is 0 Å². The van der Waals surface area contributed by atoms with Gasteiger partial charge in [0.25, 0.3) is 11.6 Å². The molecule has 0 heterocycles. The first kappa shape index (κ1) is 36.3. The Morgan fingerprint density at radius 1 is 1.23 bits per heavy atom. The van der Waals surface area contributed by atoms with Gasteiger partial charge in [-0.05, 0) is 13.0 Å². The fourth-order valence-electron chi connectivity index (χ4n) is 1.70. The summed E-state index contributed by atoms with van der Waals surface area (Å²) in [5, 5.41) is 13.3. The Morgan fingerprint density at radius 3 is 2.16 bits per heavy atom. The summed E-state index contributed by atoms with van der Waals surface area (Å²) in [5.41, 5.74) is -0.182. The van der Waals surface area contributed by atoms with Crippen LogP contribution in [0, 0.1) is 22.3 Å². The number of nitrogens with one attached hydrogen (secondary N) is 1. The smallest absolute Gasteiger partial charge is 0.281 e. The van der Waals surface area contributed by atoms with Crippen LogP contribution in [0.1, 0.15) is 54.4 Å². The first-order valence-corrected chi connectivity index (χ1v) is 10.0. The van der Waals surface area contributed by atoms with Crippen molar-refractivity contribution >= 4 is 5.91 Å². The molecule has 0 bridgehead atoms. The molecule has 1 rings (SSSR count). The fraction of sp³-hybridized carbons (Fsp3) is 0.320. The number of hydrogen-bond acceptors (Lipinski definition) is 3. The monoisotopic (exact) mass is 501 g/mol. The van der Waals surface area contributed by atoms with Gasteiger partial charge < -0.3 is 5.32 Å². The third kappa shape index (κ3) is 20.9. The molecule has 1 amide bonds. The molecule has 5 nitrogen and oxygen atoms in total. The number of carbonyl (C=O) groups excluding carboxylic acids is 1. The molecule has 0 saturated heterocycles. The molecule has 6 heteroatoms. The van der Waals surface area contributed by atoms with Crippen molar-refractivity contribution in [2.75, 3.05) is 0 Å². The zero-order valence-corrected chi connectivity index (χ0v) is 22.6. The van der Waals surface area contributed by atoms with Gasteiger partial charge in [0.2, 0.25) is 0 Å². The summed E-state index contributed by atoms with van der Waals surface area (Å²) in [6.07, 6.45) is 23.0. The molecular formula is C25H36N2O3Y-2. The SMILES string of the molecule is C=C/C(C(=O)NC(=C)C=[C-]/C=C\C)=C(\C=C/C)[N+](=O)[O-].CC.CC.[C-]1=CC=CCC1.[Y]. The van der Waals surface area contributed by atoms with Crippen LogP contribution in [0.15, 0.2) is 84.8 Å². The molecule has 0 unspecified atom stereocenters. The van der Waals surface area contributed by atoms with Crippen LogP contribution in [0.4, 0.5) is 0 Å². The second kappa shape index (κ2) is 27.9. The Bertz CT molecular complexity index is 686. The van der Waals surface area contributed by atoms with E-state index in [1.165, 1.54) is 24.6 Å². The first-order valence-electron chi connectivity index (χ1n) is 10.0. The van der Waals surface area contributed by atoms with Gasteiger partial charge in [0.05, 0.1) is 4.92 Å². The molecule has 0 saturated carbocycles. The molecule has 0 aliphatic heterocycles. The molecule has 0 atom stereocenters. The molecule has 0 spiro atoms. The minimum absolute atomic E-state index is 0. The van der Waals surface area contributed by atoms with Crippen molar-refractivity contribution in [3.05, 3.63) is 107 Å². The van der Waals surface area contributed by atoms with Gasteiger partial charge in [-0.2, -0.15) is 30.4 Å². The molecule has 1 radical (unpaired) electrons. The van der Waals surface area contributed by atoms with Crippen LogP contribution in [-0.4, -0.2) is 10.8 Å². The average Bonchev–Trinajstić information content (AvgIpc) is 2.78. The second-order valence-corrected chi connectivity index (χ2v) is 4.89. The van der Waals surface area contributed by atoms with E-state index in [0.29, 0.717) is 0 Å². The first-order chi connectivity index (χ1) is 14.5. The van der Waals surface area contributed by atoms with Gasteiger partial charge in [0.15, 0.2) is 0 Å². The van der Waals surface area contributed by atoms with Crippen molar-refractivity contribution in [1.29, 1.82) is 0 Å². The largest absolute Gasteiger partial charge is 0.375 e. The standard InChI is InChI=1S/C15H17N2O3.C6H7.2C2H6.Y/c1-5-8-9-11-12(4)16-15(18)13(7-3)14(10-6-2)17(19)20;1-2-4-6-5-3-1;2*1-2;/h5-8,10-11H,3-4H2,1-2H3,(H,16,18);1-3H,4,6H2;2*1-2H3;/q2*-1;;;/b8-5-,10-6-,14-13-;;;;. The van der Waals surface area contributed by atoms with E-state index in [1.807, 2.05) is 46.8 Å². The number of allylic oxidation sites excluding steroid dienone is 10. The summed E-state index contributed by atoms with van der Waals surface area (Å²) in [6, 6.07) is 0. The predicted molar refractivity (Wildman–Crippen MR) is 128 cm³/mol. The van der Waals surface area contributed by atoms with Gasteiger partial charge in [0, 0.05) is 38.8 Å². The van der Waals surface area contributed by atoms with E-state index < -0.39 is 10.8 Å². The number of rotatable bonds is 7. The molecule has 169 valence electrons. The summed E-state index contributed by atoms with van der Waals surface area (Å²) >= 11 is 0. The molecule has 0 aromatic heterocycles. The Labute approximate surface area is 214 Å². The van der Waals surface area contributed by atoms with E-state index in [4.69, 9.17) is 0 Å². The van der Waals surface area contributed by atoms with Crippen LogP contribution in [0.2, 0.25) is 0 Å². The minimum atomic E-state index is -0.645. The average molecular weight is 501 g/mol. The fourth-order valence-corrected chi connectivity index (χ4v) is 1.70. The number of hydrogen-bond donors (Lipinski definition) is 1. The van der Waals surface area contributed by atoms with Gasteiger partial charge in [-0.15, -0.1) is 13.0 Å². The third-order valence-electron chi connectivity index (χ3n) is 2.85. The Morgan fingerprint density at radius 2 is 1.84 bits per heavy atom. The maximum Gasteiger partial charge on any atom is 0.281 e. The summed E-state index contributed by atoms with van der Waals surface area (Å²) in [5.74, 6) is -0.645. The Hall–Kier alpha value is -2.11. The van der Waals surface area contributed by atoms with Gasteiger partial charge in [-0.25, -0.2) is 12.2 Å². The predicted octanol–water partition coefficient (Wildman–Crippen LogP) is 6.59.